The summed E-state index contributed by atoms with van der Waals surface area (Å²) in [6.07, 6.45) is 0.306. The summed E-state index contributed by atoms with van der Waals surface area (Å²) in [5, 5.41) is 6.03. The van der Waals surface area contributed by atoms with Crippen molar-refractivity contribution < 1.29 is 14.3 Å². The number of carbonyl (C=O) groups is 1. The quantitative estimate of drug-likeness (QED) is 0.640. The van der Waals surface area contributed by atoms with E-state index in [1.165, 1.54) is 0 Å². The van der Waals surface area contributed by atoms with Gasteiger partial charge in [-0.2, -0.15) is 0 Å². The fraction of sp³-hybridized carbons (Fsp3) is 0.500. The van der Waals surface area contributed by atoms with Gasteiger partial charge in [0.2, 0.25) is 5.91 Å². The molecule has 0 aliphatic carbocycles. The Kier molecular flexibility index (Phi) is 11.3. The fourth-order valence-corrected chi connectivity index (χ4v) is 2.12. The van der Waals surface area contributed by atoms with Crippen LogP contribution in [0.2, 0.25) is 0 Å². The molecule has 0 fully saturated rings. The van der Waals surface area contributed by atoms with E-state index < -0.39 is 0 Å². The van der Waals surface area contributed by atoms with Crippen molar-refractivity contribution in [1.29, 1.82) is 0 Å². The van der Waals surface area contributed by atoms with E-state index >= 15 is 0 Å². The Labute approximate surface area is 140 Å². The molecule has 5 nitrogen and oxygen atoms in total. The van der Waals surface area contributed by atoms with Gasteiger partial charge < -0.3 is 20.1 Å². The minimum absolute atomic E-state index is 0. The lowest BCUT2D eigenvalue weighted by molar-refractivity contribution is -0.120. The highest BCUT2D eigenvalue weighted by Crippen LogP contribution is 2.23. The van der Waals surface area contributed by atoms with Gasteiger partial charge in [0.25, 0.3) is 0 Å². The van der Waals surface area contributed by atoms with Crippen LogP contribution in [-0.2, 0) is 16.0 Å². The molecule has 0 aromatic heterocycles. The van der Waals surface area contributed by atoms with Gasteiger partial charge in [-0.1, -0.05) is 15.9 Å². The predicted molar refractivity (Wildman–Crippen MR) is 89.4 cm³/mol. The van der Waals surface area contributed by atoms with E-state index in [4.69, 9.17) is 9.47 Å². The summed E-state index contributed by atoms with van der Waals surface area (Å²) >= 11 is 3.39. The SMILES string of the molecule is COCCNCCNC(=O)Cc1cc(Br)ccc1OC.Cl. The third-order valence-electron chi connectivity index (χ3n) is 2.70. The smallest absolute Gasteiger partial charge is 0.224 e. The second-order valence-electron chi connectivity index (χ2n) is 4.23. The Morgan fingerprint density at radius 3 is 2.67 bits per heavy atom. The van der Waals surface area contributed by atoms with E-state index in [1.54, 1.807) is 14.2 Å². The highest BCUT2D eigenvalue weighted by Gasteiger charge is 2.08. The first kappa shape index (κ1) is 20.2. The zero-order valence-electron chi connectivity index (χ0n) is 12.3. The number of amides is 1. The maximum absolute atomic E-state index is 11.8. The molecule has 0 spiro atoms. The minimum Gasteiger partial charge on any atom is -0.496 e. The number of halogens is 2. The Hall–Kier alpha value is -0.820. The van der Waals surface area contributed by atoms with Crippen molar-refractivity contribution in [2.75, 3.05) is 40.5 Å². The monoisotopic (exact) mass is 380 g/mol. The molecule has 0 bridgehead atoms. The lowest BCUT2D eigenvalue weighted by Crippen LogP contribution is -2.33. The maximum atomic E-state index is 11.8. The number of nitrogens with one attached hydrogen (secondary N) is 2. The molecule has 0 radical (unpaired) electrons. The van der Waals surface area contributed by atoms with Crippen LogP contribution in [0.25, 0.3) is 0 Å². The molecular formula is C14H22BrClN2O3. The van der Waals surface area contributed by atoms with Crippen LogP contribution < -0.4 is 15.4 Å². The van der Waals surface area contributed by atoms with Crippen molar-refractivity contribution in [2.45, 2.75) is 6.42 Å². The molecule has 1 aromatic rings. The second-order valence-corrected chi connectivity index (χ2v) is 5.14. The topological polar surface area (TPSA) is 59.6 Å². The van der Waals surface area contributed by atoms with Crippen molar-refractivity contribution in [2.24, 2.45) is 0 Å². The minimum atomic E-state index is -0.0186. The van der Waals surface area contributed by atoms with Crippen LogP contribution in [0.5, 0.6) is 5.75 Å². The van der Waals surface area contributed by atoms with E-state index in [9.17, 15) is 4.79 Å². The Balaban J connectivity index is 0.00000400. The zero-order valence-corrected chi connectivity index (χ0v) is 14.7. The molecule has 0 aliphatic rings. The van der Waals surface area contributed by atoms with Crippen molar-refractivity contribution in [3.8, 4) is 5.75 Å². The molecule has 21 heavy (non-hydrogen) atoms. The number of benzene rings is 1. The maximum Gasteiger partial charge on any atom is 0.224 e. The number of hydrogen-bond acceptors (Lipinski definition) is 4. The van der Waals surface area contributed by atoms with Gasteiger partial charge in [-0.05, 0) is 18.2 Å². The van der Waals surface area contributed by atoms with E-state index in [1.807, 2.05) is 18.2 Å². The molecule has 0 heterocycles. The molecule has 0 unspecified atom stereocenters. The van der Waals surface area contributed by atoms with Crippen molar-refractivity contribution in [3.05, 3.63) is 28.2 Å². The summed E-state index contributed by atoms with van der Waals surface area (Å²) < 4.78 is 11.1. The molecule has 0 saturated carbocycles. The Morgan fingerprint density at radius 1 is 1.24 bits per heavy atom. The van der Waals surface area contributed by atoms with Crippen LogP contribution in [0.3, 0.4) is 0 Å². The van der Waals surface area contributed by atoms with E-state index in [0.29, 0.717) is 19.6 Å². The molecule has 1 rings (SSSR count). The summed E-state index contributed by atoms with van der Waals surface area (Å²) in [6, 6.07) is 5.63. The highest BCUT2D eigenvalue weighted by atomic mass is 79.9. The normalized spacial score (nSPS) is 9.86. The molecule has 0 saturated heterocycles. The highest BCUT2D eigenvalue weighted by molar-refractivity contribution is 9.10. The van der Waals surface area contributed by atoms with Crippen LogP contribution in [0.15, 0.2) is 22.7 Å². The van der Waals surface area contributed by atoms with Gasteiger partial charge in [-0.3, -0.25) is 4.79 Å². The van der Waals surface area contributed by atoms with Crippen molar-refractivity contribution in [3.63, 3.8) is 0 Å². The molecule has 1 aromatic carbocycles. The number of carbonyl (C=O) groups excluding carboxylic acids is 1. The van der Waals surface area contributed by atoms with Gasteiger partial charge >= 0.3 is 0 Å². The van der Waals surface area contributed by atoms with Gasteiger partial charge in [0.1, 0.15) is 5.75 Å². The first-order chi connectivity index (χ1) is 9.67. The second kappa shape index (κ2) is 11.8. The van der Waals surface area contributed by atoms with E-state index in [-0.39, 0.29) is 18.3 Å². The third-order valence-corrected chi connectivity index (χ3v) is 3.19. The summed E-state index contributed by atoms with van der Waals surface area (Å²) in [5.41, 5.74) is 0.867. The number of methoxy groups -OCH3 is 2. The lowest BCUT2D eigenvalue weighted by atomic mass is 10.1. The zero-order chi connectivity index (χ0) is 14.8. The van der Waals surface area contributed by atoms with Crippen LogP contribution in [0.1, 0.15) is 5.56 Å². The largest absolute Gasteiger partial charge is 0.496 e. The van der Waals surface area contributed by atoms with Crippen LogP contribution in [-0.4, -0.2) is 46.4 Å². The molecule has 7 heteroatoms. The van der Waals surface area contributed by atoms with Crippen molar-refractivity contribution in [1.82, 2.24) is 10.6 Å². The fourth-order valence-electron chi connectivity index (χ4n) is 1.71. The third kappa shape index (κ3) is 8.26. The molecule has 120 valence electrons. The average molecular weight is 382 g/mol. The number of ether oxygens (including phenoxy) is 2. The Morgan fingerprint density at radius 2 is 2.00 bits per heavy atom. The van der Waals surface area contributed by atoms with Crippen LogP contribution in [0.4, 0.5) is 0 Å². The van der Waals surface area contributed by atoms with Gasteiger partial charge in [0.15, 0.2) is 0 Å². The number of rotatable bonds is 9. The molecule has 0 atom stereocenters. The van der Waals surface area contributed by atoms with Crippen LogP contribution >= 0.6 is 28.3 Å². The first-order valence-electron chi connectivity index (χ1n) is 6.46. The van der Waals surface area contributed by atoms with E-state index in [0.717, 1.165) is 28.9 Å². The molecule has 2 N–H and O–H groups in total. The first-order valence-corrected chi connectivity index (χ1v) is 7.25. The summed E-state index contributed by atoms with van der Waals surface area (Å²) in [6.45, 7) is 2.78. The molecule has 0 aliphatic heterocycles. The van der Waals surface area contributed by atoms with Gasteiger partial charge in [0, 0.05) is 36.8 Å². The number of hydrogen-bond donors (Lipinski definition) is 2. The summed E-state index contributed by atoms with van der Waals surface area (Å²) in [4.78, 5) is 11.8. The predicted octanol–water partition coefficient (Wildman–Crippen LogP) is 1.77. The van der Waals surface area contributed by atoms with Crippen LogP contribution in [0, 0.1) is 0 Å². The van der Waals surface area contributed by atoms with Gasteiger partial charge in [-0.25, -0.2) is 0 Å². The van der Waals surface area contributed by atoms with Crippen molar-refractivity contribution >= 4 is 34.2 Å². The average Bonchev–Trinajstić information content (AvgIpc) is 2.43. The Bertz CT molecular complexity index is 433. The molecule has 1 amide bonds. The van der Waals surface area contributed by atoms with Gasteiger partial charge in [0.05, 0.1) is 20.1 Å². The lowest BCUT2D eigenvalue weighted by Gasteiger charge is -2.10. The van der Waals surface area contributed by atoms with E-state index in [2.05, 4.69) is 26.6 Å². The standard InChI is InChI=1S/C14H21BrN2O3.ClH/c1-19-8-7-16-5-6-17-14(18)10-11-9-12(15)3-4-13(11)20-2;/h3-4,9,16H,5-8,10H2,1-2H3,(H,17,18);1H. The molecular weight excluding hydrogens is 360 g/mol. The summed E-state index contributed by atoms with van der Waals surface area (Å²) in [7, 11) is 3.26. The summed E-state index contributed by atoms with van der Waals surface area (Å²) in [5.74, 6) is 0.705. The van der Waals surface area contributed by atoms with Gasteiger partial charge in [-0.15, -0.1) is 12.4 Å².